The zero-order valence-electron chi connectivity index (χ0n) is 10.5. The van der Waals surface area contributed by atoms with Crippen molar-refractivity contribution in [3.05, 3.63) is 0 Å². The molecule has 90 valence electrons. The molecule has 0 amide bonds. The third-order valence-corrected chi connectivity index (χ3v) is 4.02. The van der Waals surface area contributed by atoms with Gasteiger partial charge in [-0.3, -0.25) is 0 Å². The highest BCUT2D eigenvalue weighted by Crippen LogP contribution is 2.42. The molecule has 0 aliphatic heterocycles. The third kappa shape index (κ3) is 4.12. The predicted molar refractivity (Wildman–Crippen MR) is 66.9 cm³/mol. The van der Waals surface area contributed by atoms with Crippen molar-refractivity contribution in [2.24, 2.45) is 11.1 Å². The number of rotatable bonds is 8. The van der Waals surface area contributed by atoms with Crippen LogP contribution in [0.15, 0.2) is 0 Å². The number of hydrogen-bond donors (Lipinski definition) is 2. The first-order chi connectivity index (χ1) is 7.22. The molecule has 0 aromatic heterocycles. The van der Waals surface area contributed by atoms with Crippen molar-refractivity contribution >= 4 is 0 Å². The molecule has 0 spiro atoms. The Morgan fingerprint density at radius 1 is 1.27 bits per heavy atom. The Morgan fingerprint density at radius 3 is 2.47 bits per heavy atom. The van der Waals surface area contributed by atoms with Crippen LogP contribution in [-0.2, 0) is 0 Å². The summed E-state index contributed by atoms with van der Waals surface area (Å²) in [4.78, 5) is 0. The summed E-state index contributed by atoms with van der Waals surface area (Å²) in [5, 5.41) is 3.59. The van der Waals surface area contributed by atoms with Gasteiger partial charge < -0.3 is 11.1 Å². The second-order valence-electron chi connectivity index (χ2n) is 5.22. The molecule has 1 atom stereocenters. The molecule has 1 aliphatic carbocycles. The SMILES string of the molecule is CCCC(N)CCNCC1(CC)CCC1. The number of nitrogens with two attached hydrogens (primary N) is 1. The van der Waals surface area contributed by atoms with E-state index in [1.165, 1.54) is 45.1 Å². The Bertz CT molecular complexity index is 158. The van der Waals surface area contributed by atoms with Crippen molar-refractivity contribution in [3.63, 3.8) is 0 Å². The summed E-state index contributed by atoms with van der Waals surface area (Å²) in [6, 6.07) is 0.404. The molecule has 3 N–H and O–H groups in total. The first-order valence-electron chi connectivity index (χ1n) is 6.69. The lowest BCUT2D eigenvalue weighted by atomic mass is 9.67. The van der Waals surface area contributed by atoms with Crippen LogP contribution in [-0.4, -0.2) is 19.1 Å². The van der Waals surface area contributed by atoms with Crippen LogP contribution in [0.5, 0.6) is 0 Å². The van der Waals surface area contributed by atoms with Crippen molar-refractivity contribution in [3.8, 4) is 0 Å². The van der Waals surface area contributed by atoms with E-state index in [-0.39, 0.29) is 0 Å². The van der Waals surface area contributed by atoms with Gasteiger partial charge in [0.05, 0.1) is 0 Å². The van der Waals surface area contributed by atoms with Gasteiger partial charge in [0.25, 0.3) is 0 Å². The Morgan fingerprint density at radius 2 is 2.00 bits per heavy atom. The van der Waals surface area contributed by atoms with Crippen molar-refractivity contribution in [2.75, 3.05) is 13.1 Å². The van der Waals surface area contributed by atoms with E-state index in [4.69, 9.17) is 5.73 Å². The van der Waals surface area contributed by atoms with E-state index in [0.717, 1.165) is 13.0 Å². The van der Waals surface area contributed by atoms with E-state index < -0.39 is 0 Å². The minimum Gasteiger partial charge on any atom is -0.328 e. The Balaban J connectivity index is 2.01. The molecule has 1 unspecified atom stereocenters. The molecule has 2 heteroatoms. The predicted octanol–water partition coefficient (Wildman–Crippen LogP) is 2.67. The fourth-order valence-electron chi connectivity index (χ4n) is 2.49. The summed E-state index contributed by atoms with van der Waals surface area (Å²) < 4.78 is 0. The first-order valence-corrected chi connectivity index (χ1v) is 6.69. The molecule has 0 bridgehead atoms. The number of hydrogen-bond acceptors (Lipinski definition) is 2. The average Bonchev–Trinajstić information content (AvgIpc) is 2.16. The highest BCUT2D eigenvalue weighted by molar-refractivity contribution is 4.88. The van der Waals surface area contributed by atoms with E-state index in [0.29, 0.717) is 11.5 Å². The minimum atomic E-state index is 0.404. The second-order valence-corrected chi connectivity index (χ2v) is 5.22. The average molecular weight is 212 g/mol. The van der Waals surface area contributed by atoms with Gasteiger partial charge in [0.1, 0.15) is 0 Å². The molecule has 1 fully saturated rings. The summed E-state index contributed by atoms with van der Waals surface area (Å²) in [7, 11) is 0. The maximum absolute atomic E-state index is 5.97. The molecule has 1 rings (SSSR count). The monoisotopic (exact) mass is 212 g/mol. The van der Waals surface area contributed by atoms with Gasteiger partial charge in [0.15, 0.2) is 0 Å². The molecular formula is C13H28N2. The zero-order valence-corrected chi connectivity index (χ0v) is 10.5. The van der Waals surface area contributed by atoms with Gasteiger partial charge in [0.2, 0.25) is 0 Å². The van der Waals surface area contributed by atoms with Gasteiger partial charge in [-0.15, -0.1) is 0 Å². The van der Waals surface area contributed by atoms with Crippen LogP contribution in [0.25, 0.3) is 0 Å². The van der Waals surface area contributed by atoms with Crippen molar-refractivity contribution < 1.29 is 0 Å². The summed E-state index contributed by atoms with van der Waals surface area (Å²) in [5.74, 6) is 0. The van der Waals surface area contributed by atoms with Gasteiger partial charge in [-0.1, -0.05) is 26.7 Å². The van der Waals surface area contributed by atoms with Crippen molar-refractivity contribution in [2.45, 2.75) is 64.8 Å². The van der Waals surface area contributed by atoms with Crippen molar-refractivity contribution in [1.29, 1.82) is 0 Å². The molecule has 0 radical (unpaired) electrons. The van der Waals surface area contributed by atoms with Crippen LogP contribution in [0.2, 0.25) is 0 Å². The molecule has 1 saturated carbocycles. The topological polar surface area (TPSA) is 38.0 Å². The smallest absolute Gasteiger partial charge is 0.00508 e. The van der Waals surface area contributed by atoms with E-state index in [9.17, 15) is 0 Å². The van der Waals surface area contributed by atoms with Crippen LogP contribution >= 0.6 is 0 Å². The van der Waals surface area contributed by atoms with Gasteiger partial charge in [0, 0.05) is 12.6 Å². The van der Waals surface area contributed by atoms with Crippen LogP contribution < -0.4 is 11.1 Å². The Labute approximate surface area is 95.0 Å². The fourth-order valence-corrected chi connectivity index (χ4v) is 2.49. The molecule has 0 saturated heterocycles. The molecule has 0 heterocycles. The zero-order chi connectivity index (χ0) is 11.1. The fraction of sp³-hybridized carbons (Fsp3) is 1.00. The highest BCUT2D eigenvalue weighted by Gasteiger charge is 2.34. The highest BCUT2D eigenvalue weighted by atomic mass is 14.9. The van der Waals surface area contributed by atoms with Crippen LogP contribution in [0.4, 0.5) is 0 Å². The van der Waals surface area contributed by atoms with Gasteiger partial charge >= 0.3 is 0 Å². The van der Waals surface area contributed by atoms with E-state index in [1.807, 2.05) is 0 Å². The Hall–Kier alpha value is -0.0800. The second kappa shape index (κ2) is 6.49. The lowest BCUT2D eigenvalue weighted by Gasteiger charge is -2.41. The maximum Gasteiger partial charge on any atom is 0.00508 e. The van der Waals surface area contributed by atoms with Gasteiger partial charge in [-0.2, -0.15) is 0 Å². The first kappa shape index (κ1) is 13.0. The molecule has 1 aliphatic rings. The Kier molecular flexibility index (Phi) is 5.62. The summed E-state index contributed by atoms with van der Waals surface area (Å²) in [6.07, 6.45) is 9.13. The lowest BCUT2D eigenvalue weighted by Crippen LogP contribution is -2.40. The minimum absolute atomic E-state index is 0.404. The molecule has 0 aromatic rings. The van der Waals surface area contributed by atoms with Gasteiger partial charge in [-0.05, 0) is 44.1 Å². The van der Waals surface area contributed by atoms with Crippen molar-refractivity contribution in [1.82, 2.24) is 5.32 Å². The molecule has 15 heavy (non-hydrogen) atoms. The molecule has 0 aromatic carbocycles. The third-order valence-electron chi connectivity index (χ3n) is 4.02. The van der Waals surface area contributed by atoms with Crippen LogP contribution in [0.1, 0.15) is 58.8 Å². The van der Waals surface area contributed by atoms with Crippen LogP contribution in [0, 0.1) is 5.41 Å². The molecular weight excluding hydrogens is 184 g/mol. The standard InChI is InChI=1S/C13H28N2/c1-3-6-12(14)7-10-15-11-13(4-2)8-5-9-13/h12,15H,3-11,14H2,1-2H3. The van der Waals surface area contributed by atoms with Crippen LogP contribution in [0.3, 0.4) is 0 Å². The summed E-state index contributed by atoms with van der Waals surface area (Å²) >= 11 is 0. The van der Waals surface area contributed by atoms with E-state index in [1.54, 1.807) is 0 Å². The normalized spacial score (nSPS) is 21.0. The lowest BCUT2D eigenvalue weighted by molar-refractivity contribution is 0.124. The largest absolute Gasteiger partial charge is 0.328 e. The molecule has 2 nitrogen and oxygen atoms in total. The van der Waals surface area contributed by atoms with E-state index >= 15 is 0 Å². The quantitative estimate of drug-likeness (QED) is 0.607. The van der Waals surface area contributed by atoms with E-state index in [2.05, 4.69) is 19.2 Å². The summed E-state index contributed by atoms with van der Waals surface area (Å²) in [6.45, 7) is 6.84. The number of nitrogens with one attached hydrogen (secondary N) is 1. The summed E-state index contributed by atoms with van der Waals surface area (Å²) in [5.41, 5.74) is 6.62. The van der Waals surface area contributed by atoms with Gasteiger partial charge in [-0.25, -0.2) is 0 Å². The maximum atomic E-state index is 5.97.